The molecule has 1 rings (SSSR count). The highest BCUT2D eigenvalue weighted by molar-refractivity contribution is 6.31. The van der Waals surface area contributed by atoms with E-state index in [1.165, 1.54) is 12.1 Å². The van der Waals surface area contributed by atoms with E-state index in [1.54, 1.807) is 0 Å². The number of hydrogen-bond acceptors (Lipinski definition) is 2. The van der Waals surface area contributed by atoms with Crippen molar-refractivity contribution in [2.45, 2.75) is 13.8 Å². The van der Waals surface area contributed by atoms with Crippen molar-refractivity contribution in [2.75, 3.05) is 0 Å². The van der Waals surface area contributed by atoms with Crippen LogP contribution in [0.4, 0.5) is 10.1 Å². The normalized spacial score (nSPS) is 8.80. The van der Waals surface area contributed by atoms with Gasteiger partial charge in [-0.05, 0) is 11.6 Å². The van der Waals surface area contributed by atoms with Gasteiger partial charge in [0.1, 0.15) is 0 Å². The van der Waals surface area contributed by atoms with Gasteiger partial charge in [-0.1, -0.05) is 38.1 Å². The molecule has 0 unspecified atom stereocenters. The number of benzene rings is 1. The monoisotopic (exact) mass is 231 g/mol. The summed E-state index contributed by atoms with van der Waals surface area (Å²) in [5.74, 6) is -1.02. The summed E-state index contributed by atoms with van der Waals surface area (Å²) in [6.45, 7) is 7.40. The van der Waals surface area contributed by atoms with Crippen LogP contribution >= 0.6 is 11.6 Å². The van der Waals surface area contributed by atoms with E-state index in [1.807, 2.05) is 13.8 Å². The molecule has 0 amide bonds. The van der Waals surface area contributed by atoms with Crippen molar-refractivity contribution < 1.29 is 9.31 Å². The van der Waals surface area contributed by atoms with E-state index in [4.69, 9.17) is 11.6 Å². The summed E-state index contributed by atoms with van der Waals surface area (Å²) >= 11 is 5.41. The molecule has 15 heavy (non-hydrogen) atoms. The van der Waals surface area contributed by atoms with Crippen molar-refractivity contribution >= 4 is 23.4 Å². The van der Waals surface area contributed by atoms with E-state index in [0.29, 0.717) is 5.56 Å². The summed E-state index contributed by atoms with van der Waals surface area (Å²) in [4.78, 5) is 9.49. The van der Waals surface area contributed by atoms with Crippen LogP contribution in [0.15, 0.2) is 18.7 Å². The number of rotatable bonds is 2. The van der Waals surface area contributed by atoms with Gasteiger partial charge in [0, 0.05) is 6.07 Å². The van der Waals surface area contributed by atoms with Crippen molar-refractivity contribution in [3.8, 4) is 0 Å². The van der Waals surface area contributed by atoms with Crippen molar-refractivity contribution in [3.63, 3.8) is 0 Å². The number of halogens is 2. The number of nitrogens with zero attached hydrogens (tertiary/aromatic N) is 1. The lowest BCUT2D eigenvalue weighted by Crippen LogP contribution is -1.93. The lowest BCUT2D eigenvalue weighted by Gasteiger charge is -1.98. The fourth-order valence-electron chi connectivity index (χ4n) is 0.846. The molecular formula is C10H11ClFNO2. The van der Waals surface area contributed by atoms with Gasteiger partial charge in [-0.3, -0.25) is 10.1 Å². The smallest absolute Gasteiger partial charge is 0.258 e. The summed E-state index contributed by atoms with van der Waals surface area (Å²) in [6.07, 6.45) is 1.36. The molecule has 0 aliphatic carbocycles. The average molecular weight is 232 g/mol. The van der Waals surface area contributed by atoms with Crippen molar-refractivity contribution in [1.29, 1.82) is 0 Å². The van der Waals surface area contributed by atoms with Gasteiger partial charge >= 0.3 is 5.69 Å². The molecule has 0 N–H and O–H groups in total. The molecule has 0 aliphatic heterocycles. The third-order valence-electron chi connectivity index (χ3n) is 1.46. The van der Waals surface area contributed by atoms with Crippen LogP contribution in [0.1, 0.15) is 19.4 Å². The minimum Gasteiger partial charge on any atom is -0.258 e. The van der Waals surface area contributed by atoms with Crippen LogP contribution in [-0.2, 0) is 0 Å². The molecule has 0 radical (unpaired) electrons. The van der Waals surface area contributed by atoms with Gasteiger partial charge in [0.05, 0.1) is 9.95 Å². The summed E-state index contributed by atoms with van der Waals surface area (Å²) in [7, 11) is 0. The van der Waals surface area contributed by atoms with E-state index in [9.17, 15) is 14.5 Å². The van der Waals surface area contributed by atoms with Gasteiger partial charge in [-0.25, -0.2) is 0 Å². The highest BCUT2D eigenvalue weighted by atomic mass is 35.5. The fraction of sp³-hybridized carbons (Fsp3) is 0.200. The Balaban J connectivity index is 0.000000921. The Labute approximate surface area is 92.3 Å². The van der Waals surface area contributed by atoms with Crippen molar-refractivity contribution in [3.05, 3.63) is 45.2 Å². The van der Waals surface area contributed by atoms with E-state index in [0.717, 1.165) is 6.07 Å². The largest absolute Gasteiger partial charge is 0.306 e. The van der Waals surface area contributed by atoms with Crippen LogP contribution in [0.3, 0.4) is 0 Å². The molecule has 82 valence electrons. The maximum atomic E-state index is 13.0. The Morgan fingerprint density at radius 2 is 2.07 bits per heavy atom. The van der Waals surface area contributed by atoms with Gasteiger partial charge in [0.25, 0.3) is 0 Å². The zero-order valence-electron chi connectivity index (χ0n) is 8.46. The maximum Gasteiger partial charge on any atom is 0.306 e. The molecule has 0 spiro atoms. The molecule has 1 aromatic carbocycles. The average Bonchev–Trinajstić information content (AvgIpc) is 2.24. The Bertz CT molecular complexity index is 380. The molecule has 0 aromatic heterocycles. The second kappa shape index (κ2) is 6.14. The first-order valence-electron chi connectivity index (χ1n) is 4.32. The Kier molecular flexibility index (Phi) is 5.56. The fourth-order valence-corrected chi connectivity index (χ4v) is 1.07. The summed E-state index contributed by atoms with van der Waals surface area (Å²) in [6, 6.07) is 2.35. The van der Waals surface area contributed by atoms with E-state index in [-0.39, 0.29) is 5.02 Å². The van der Waals surface area contributed by atoms with Crippen LogP contribution < -0.4 is 0 Å². The molecule has 0 atom stereocenters. The number of nitro groups is 1. The predicted octanol–water partition coefficient (Wildman–Crippen LogP) is 4.06. The van der Waals surface area contributed by atoms with Gasteiger partial charge in [-0.15, -0.1) is 0 Å². The highest BCUT2D eigenvalue weighted by Gasteiger charge is 2.17. The molecule has 0 heterocycles. The van der Waals surface area contributed by atoms with E-state index < -0.39 is 16.4 Å². The van der Waals surface area contributed by atoms with Gasteiger partial charge in [0.2, 0.25) is 5.82 Å². The zero-order valence-corrected chi connectivity index (χ0v) is 9.21. The zero-order chi connectivity index (χ0) is 12.0. The molecule has 5 heteroatoms. The topological polar surface area (TPSA) is 43.1 Å². The van der Waals surface area contributed by atoms with Crippen LogP contribution in [-0.4, -0.2) is 4.92 Å². The third-order valence-corrected chi connectivity index (χ3v) is 1.74. The summed E-state index contributed by atoms with van der Waals surface area (Å²) in [5.41, 5.74) is -0.222. The Morgan fingerprint density at radius 3 is 2.47 bits per heavy atom. The molecule has 1 aromatic rings. The number of nitro benzene ring substituents is 1. The summed E-state index contributed by atoms with van der Waals surface area (Å²) in [5, 5.41) is 10.0. The van der Waals surface area contributed by atoms with Gasteiger partial charge in [-0.2, -0.15) is 4.39 Å². The first kappa shape index (κ1) is 13.6. The number of hydrogen-bond donors (Lipinski definition) is 0. The maximum absolute atomic E-state index is 13.0. The lowest BCUT2D eigenvalue weighted by molar-refractivity contribution is -0.387. The van der Waals surface area contributed by atoms with Gasteiger partial charge in [0.15, 0.2) is 0 Å². The third kappa shape index (κ3) is 3.32. The molecule has 0 bridgehead atoms. The molecule has 0 saturated heterocycles. The van der Waals surface area contributed by atoms with Crippen molar-refractivity contribution in [1.82, 2.24) is 0 Å². The van der Waals surface area contributed by atoms with Crippen LogP contribution in [0.25, 0.3) is 6.08 Å². The van der Waals surface area contributed by atoms with Crippen molar-refractivity contribution in [2.24, 2.45) is 0 Å². The SMILES string of the molecule is C=Cc1cc(Cl)c(F)c([N+](=O)[O-])c1.CC. The molecule has 0 aliphatic rings. The van der Waals surface area contributed by atoms with Crippen LogP contribution in [0.2, 0.25) is 5.02 Å². The first-order chi connectivity index (χ1) is 7.06. The van der Waals surface area contributed by atoms with Crippen LogP contribution in [0, 0.1) is 15.9 Å². The molecule has 3 nitrogen and oxygen atoms in total. The molecule has 0 fully saturated rings. The van der Waals surface area contributed by atoms with Gasteiger partial charge < -0.3 is 0 Å². The Morgan fingerprint density at radius 1 is 1.53 bits per heavy atom. The predicted molar refractivity (Wildman–Crippen MR) is 59.5 cm³/mol. The van der Waals surface area contributed by atoms with Crippen LogP contribution in [0.5, 0.6) is 0 Å². The Hall–Kier alpha value is -1.42. The minimum atomic E-state index is -1.02. The lowest BCUT2D eigenvalue weighted by atomic mass is 10.2. The quantitative estimate of drug-likeness (QED) is 0.569. The van der Waals surface area contributed by atoms with E-state index >= 15 is 0 Å². The highest BCUT2D eigenvalue weighted by Crippen LogP contribution is 2.26. The second-order valence-corrected chi connectivity index (χ2v) is 2.70. The second-order valence-electron chi connectivity index (χ2n) is 2.30. The minimum absolute atomic E-state index is 0.274. The van der Waals surface area contributed by atoms with E-state index in [2.05, 4.69) is 6.58 Å². The molecular weight excluding hydrogens is 221 g/mol. The first-order valence-corrected chi connectivity index (χ1v) is 4.70. The summed E-state index contributed by atoms with van der Waals surface area (Å²) < 4.78 is 13.0. The standard InChI is InChI=1S/C8H5ClFNO2.C2H6/c1-2-5-3-6(9)8(10)7(4-5)11(12)13;1-2/h2-4H,1H2;1-2H3. The molecule has 0 saturated carbocycles.